The average Bonchev–Trinajstić information content (AvgIpc) is 1.93. The number of hydrogen-bond acceptors (Lipinski definition) is 0. The summed E-state index contributed by atoms with van der Waals surface area (Å²) in [5.74, 6) is 0.881. The Kier molecular flexibility index (Phi) is 3.58. The fraction of sp³-hybridized carbons (Fsp3) is 0.846. The Morgan fingerprint density at radius 3 is 2.38 bits per heavy atom. The minimum Gasteiger partial charge on any atom is -0.0793 e. The number of hydrogen-bond donors (Lipinski definition) is 0. The topological polar surface area (TPSA) is 0 Å². The zero-order valence-electron chi connectivity index (χ0n) is 9.69. The van der Waals surface area contributed by atoms with Crippen molar-refractivity contribution in [3.8, 4) is 0 Å². The lowest BCUT2D eigenvalue weighted by Gasteiger charge is -2.33. The van der Waals surface area contributed by atoms with Crippen LogP contribution in [-0.4, -0.2) is 0 Å². The van der Waals surface area contributed by atoms with Crippen LogP contribution in [0.5, 0.6) is 0 Å². The molecule has 0 atom stereocenters. The van der Waals surface area contributed by atoms with Crippen molar-refractivity contribution in [2.75, 3.05) is 0 Å². The maximum atomic E-state index is 2.46. The van der Waals surface area contributed by atoms with Crippen molar-refractivity contribution in [2.24, 2.45) is 11.3 Å². The van der Waals surface area contributed by atoms with Gasteiger partial charge in [0.1, 0.15) is 0 Å². The largest absolute Gasteiger partial charge is 0.0793 e. The van der Waals surface area contributed by atoms with E-state index >= 15 is 0 Å². The highest BCUT2D eigenvalue weighted by Gasteiger charge is 2.25. The van der Waals surface area contributed by atoms with Gasteiger partial charge in [-0.2, -0.15) is 0 Å². The molecule has 76 valence electrons. The molecule has 1 aliphatic rings. The van der Waals surface area contributed by atoms with Gasteiger partial charge in [0.05, 0.1) is 0 Å². The van der Waals surface area contributed by atoms with Gasteiger partial charge < -0.3 is 0 Å². The first-order valence-electron chi connectivity index (χ1n) is 5.70. The summed E-state index contributed by atoms with van der Waals surface area (Å²) < 4.78 is 0. The second-order valence-corrected chi connectivity index (χ2v) is 5.61. The van der Waals surface area contributed by atoms with Crippen LogP contribution < -0.4 is 0 Å². The maximum Gasteiger partial charge on any atom is -0.0135 e. The lowest BCUT2D eigenvalue weighted by Crippen LogP contribution is -2.19. The van der Waals surface area contributed by atoms with E-state index in [4.69, 9.17) is 0 Å². The third-order valence-corrected chi connectivity index (χ3v) is 2.81. The van der Waals surface area contributed by atoms with Crippen molar-refractivity contribution >= 4 is 0 Å². The van der Waals surface area contributed by atoms with Crippen LogP contribution in [-0.2, 0) is 0 Å². The van der Waals surface area contributed by atoms with Crippen LogP contribution in [0.2, 0.25) is 0 Å². The smallest absolute Gasteiger partial charge is 0.0135 e. The van der Waals surface area contributed by atoms with Gasteiger partial charge in [0.15, 0.2) is 0 Å². The molecule has 0 aromatic rings. The summed E-state index contributed by atoms with van der Waals surface area (Å²) in [5.41, 5.74) is 2.22. The Morgan fingerprint density at radius 1 is 1.31 bits per heavy atom. The summed E-state index contributed by atoms with van der Waals surface area (Å²) in [5, 5.41) is 0. The van der Waals surface area contributed by atoms with Gasteiger partial charge in [-0.05, 0) is 30.6 Å². The van der Waals surface area contributed by atoms with Gasteiger partial charge in [0, 0.05) is 0 Å². The molecule has 0 bridgehead atoms. The maximum absolute atomic E-state index is 2.46. The minimum absolute atomic E-state index is 0.521. The zero-order valence-corrected chi connectivity index (χ0v) is 9.69. The van der Waals surface area contributed by atoms with Crippen molar-refractivity contribution in [3.05, 3.63) is 11.6 Å². The standard InChI is InChI=1S/C13H24/c1-11(2)7-5-6-8-12-9-13(3,4)10-12/h9,11H,5-8,10H2,1-4H3. The third-order valence-electron chi connectivity index (χ3n) is 2.81. The monoisotopic (exact) mass is 180 g/mol. The predicted molar refractivity (Wildman–Crippen MR) is 59.8 cm³/mol. The third kappa shape index (κ3) is 3.97. The van der Waals surface area contributed by atoms with Crippen molar-refractivity contribution in [1.29, 1.82) is 0 Å². The van der Waals surface area contributed by atoms with Crippen LogP contribution in [0, 0.1) is 11.3 Å². The molecule has 0 radical (unpaired) electrons. The molecule has 0 fully saturated rings. The highest BCUT2D eigenvalue weighted by Crippen LogP contribution is 2.40. The lowest BCUT2D eigenvalue weighted by atomic mass is 9.73. The van der Waals surface area contributed by atoms with E-state index in [0.29, 0.717) is 5.41 Å². The molecule has 0 aromatic carbocycles. The molecule has 13 heavy (non-hydrogen) atoms. The fourth-order valence-electron chi connectivity index (χ4n) is 2.17. The highest BCUT2D eigenvalue weighted by molar-refractivity contribution is 5.21. The molecule has 0 spiro atoms. The summed E-state index contributed by atoms with van der Waals surface area (Å²) in [6.07, 6.45) is 9.37. The van der Waals surface area contributed by atoms with Gasteiger partial charge >= 0.3 is 0 Å². The van der Waals surface area contributed by atoms with E-state index in [9.17, 15) is 0 Å². The van der Waals surface area contributed by atoms with Crippen LogP contribution in [0.15, 0.2) is 11.6 Å². The summed E-state index contributed by atoms with van der Waals surface area (Å²) in [6.45, 7) is 9.27. The summed E-state index contributed by atoms with van der Waals surface area (Å²) >= 11 is 0. The predicted octanol–water partition coefficient (Wildman–Crippen LogP) is 4.56. The SMILES string of the molecule is CC(C)CCCCC1=CC(C)(C)C1. The molecule has 0 unspecified atom stereocenters. The van der Waals surface area contributed by atoms with Crippen LogP contribution in [0.25, 0.3) is 0 Å². The lowest BCUT2D eigenvalue weighted by molar-refractivity contribution is 0.401. The van der Waals surface area contributed by atoms with Crippen molar-refractivity contribution in [3.63, 3.8) is 0 Å². The van der Waals surface area contributed by atoms with Crippen LogP contribution in [0.4, 0.5) is 0 Å². The molecule has 0 nitrogen and oxygen atoms in total. The highest BCUT2D eigenvalue weighted by atomic mass is 14.3. The number of rotatable bonds is 5. The van der Waals surface area contributed by atoms with Gasteiger partial charge in [0.25, 0.3) is 0 Å². The van der Waals surface area contributed by atoms with Crippen LogP contribution in [0.1, 0.15) is 59.8 Å². The molecule has 0 saturated carbocycles. The average molecular weight is 180 g/mol. The molecular formula is C13H24. The van der Waals surface area contributed by atoms with E-state index in [2.05, 4.69) is 33.8 Å². The Balaban J connectivity index is 2.03. The van der Waals surface area contributed by atoms with Gasteiger partial charge in [0.2, 0.25) is 0 Å². The quantitative estimate of drug-likeness (QED) is 0.430. The van der Waals surface area contributed by atoms with Crippen molar-refractivity contribution in [1.82, 2.24) is 0 Å². The van der Waals surface area contributed by atoms with E-state index in [1.165, 1.54) is 32.1 Å². The van der Waals surface area contributed by atoms with E-state index in [0.717, 1.165) is 5.92 Å². The molecule has 1 rings (SSSR count). The van der Waals surface area contributed by atoms with E-state index in [-0.39, 0.29) is 0 Å². The molecule has 0 saturated heterocycles. The molecule has 1 aliphatic carbocycles. The van der Waals surface area contributed by atoms with Crippen LogP contribution in [0.3, 0.4) is 0 Å². The fourth-order valence-corrected chi connectivity index (χ4v) is 2.17. The number of allylic oxidation sites excluding steroid dienone is 2. The van der Waals surface area contributed by atoms with Crippen molar-refractivity contribution < 1.29 is 0 Å². The zero-order chi connectivity index (χ0) is 9.90. The molecule has 0 aliphatic heterocycles. The van der Waals surface area contributed by atoms with Gasteiger partial charge in [-0.3, -0.25) is 0 Å². The van der Waals surface area contributed by atoms with E-state index in [1.807, 2.05) is 0 Å². The van der Waals surface area contributed by atoms with E-state index in [1.54, 1.807) is 5.57 Å². The number of unbranched alkanes of at least 4 members (excludes halogenated alkanes) is 1. The van der Waals surface area contributed by atoms with Gasteiger partial charge in [-0.1, -0.05) is 52.2 Å². The van der Waals surface area contributed by atoms with E-state index < -0.39 is 0 Å². The minimum atomic E-state index is 0.521. The summed E-state index contributed by atoms with van der Waals surface area (Å²) in [7, 11) is 0. The Morgan fingerprint density at radius 2 is 1.92 bits per heavy atom. The molecule has 0 amide bonds. The Bertz CT molecular complexity index is 184. The molecule has 0 N–H and O–H groups in total. The normalized spacial score (nSPS) is 19.9. The first-order chi connectivity index (χ1) is 5.99. The second kappa shape index (κ2) is 4.30. The molecule has 0 heterocycles. The van der Waals surface area contributed by atoms with Crippen molar-refractivity contribution in [2.45, 2.75) is 59.8 Å². The van der Waals surface area contributed by atoms with Gasteiger partial charge in [-0.25, -0.2) is 0 Å². The molecule has 0 heteroatoms. The first kappa shape index (κ1) is 10.8. The second-order valence-electron chi connectivity index (χ2n) is 5.61. The molecule has 0 aromatic heterocycles. The Hall–Kier alpha value is -0.260. The Labute approximate surface area is 83.4 Å². The summed E-state index contributed by atoms with van der Waals surface area (Å²) in [6, 6.07) is 0. The van der Waals surface area contributed by atoms with Crippen LogP contribution >= 0.6 is 0 Å². The summed E-state index contributed by atoms with van der Waals surface area (Å²) in [4.78, 5) is 0. The molecular weight excluding hydrogens is 156 g/mol. The first-order valence-corrected chi connectivity index (χ1v) is 5.70. The van der Waals surface area contributed by atoms with Gasteiger partial charge in [-0.15, -0.1) is 0 Å².